The largest absolute Gasteiger partial charge is 0.491 e. The van der Waals surface area contributed by atoms with Gasteiger partial charge in [0.15, 0.2) is 17.3 Å². The minimum Gasteiger partial charge on any atom is -0.491 e. The third kappa shape index (κ3) is 3.92. The van der Waals surface area contributed by atoms with Crippen molar-refractivity contribution in [3.63, 3.8) is 0 Å². The van der Waals surface area contributed by atoms with Gasteiger partial charge < -0.3 is 24.8 Å². The van der Waals surface area contributed by atoms with E-state index >= 15 is 0 Å². The lowest BCUT2D eigenvalue weighted by atomic mass is 9.91. The molecule has 2 amide bonds. The zero-order valence-corrected chi connectivity index (χ0v) is 14.1. The molecule has 0 radical (unpaired) electrons. The van der Waals surface area contributed by atoms with Crippen molar-refractivity contribution in [2.24, 2.45) is 11.8 Å². The average Bonchev–Trinajstić information content (AvgIpc) is 2.54. The van der Waals surface area contributed by atoms with Crippen molar-refractivity contribution in [2.75, 3.05) is 32.6 Å². The molecule has 2 unspecified atom stereocenters. The van der Waals surface area contributed by atoms with Crippen molar-refractivity contribution in [3.05, 3.63) is 17.7 Å². The van der Waals surface area contributed by atoms with E-state index in [0.717, 1.165) is 13.2 Å². The van der Waals surface area contributed by atoms with Crippen LogP contribution in [-0.2, 0) is 4.79 Å². The Balaban J connectivity index is 2.24. The van der Waals surface area contributed by atoms with Crippen molar-refractivity contribution in [1.82, 2.24) is 4.90 Å². The first kappa shape index (κ1) is 18.8. The first-order valence-corrected chi connectivity index (χ1v) is 7.67. The Morgan fingerprint density at radius 3 is 2.44 bits per heavy atom. The van der Waals surface area contributed by atoms with Crippen molar-refractivity contribution >= 4 is 17.7 Å². The number of carboxylic acids is 1. The van der Waals surface area contributed by atoms with Crippen LogP contribution in [0.25, 0.3) is 0 Å². The number of aliphatic carboxylic acids is 1. The number of urea groups is 1. The third-order valence-corrected chi connectivity index (χ3v) is 4.08. The maximum absolute atomic E-state index is 14.2. The van der Waals surface area contributed by atoms with E-state index in [2.05, 4.69) is 10.1 Å². The number of hydrogen-bond donors (Lipinski definition) is 2. The predicted molar refractivity (Wildman–Crippen MR) is 85.0 cm³/mol. The third-order valence-electron chi connectivity index (χ3n) is 4.08. The van der Waals surface area contributed by atoms with Crippen LogP contribution in [0.5, 0.6) is 11.5 Å². The predicted octanol–water partition coefficient (Wildman–Crippen LogP) is 2.56. The Labute approximate surface area is 143 Å². The van der Waals surface area contributed by atoms with Crippen LogP contribution >= 0.6 is 0 Å². The van der Waals surface area contributed by atoms with Crippen LogP contribution in [0.2, 0.25) is 0 Å². The quantitative estimate of drug-likeness (QED) is 0.864. The van der Waals surface area contributed by atoms with Gasteiger partial charge in [-0.3, -0.25) is 4.79 Å². The summed E-state index contributed by atoms with van der Waals surface area (Å²) in [5.41, 5.74) is -0.201. The molecule has 1 saturated heterocycles. The molecule has 25 heavy (non-hydrogen) atoms. The van der Waals surface area contributed by atoms with E-state index < -0.39 is 35.3 Å². The van der Waals surface area contributed by atoms with Crippen molar-refractivity contribution in [1.29, 1.82) is 0 Å². The number of amides is 2. The number of benzene rings is 1. The highest BCUT2D eigenvalue weighted by Gasteiger charge is 2.32. The van der Waals surface area contributed by atoms with E-state index in [4.69, 9.17) is 9.84 Å². The molecule has 7 nitrogen and oxygen atoms in total. The lowest BCUT2D eigenvalue weighted by Crippen LogP contribution is -2.47. The lowest BCUT2D eigenvalue weighted by Gasteiger charge is -2.34. The number of rotatable bonds is 4. The van der Waals surface area contributed by atoms with Gasteiger partial charge in [0.05, 0.1) is 25.8 Å². The van der Waals surface area contributed by atoms with Gasteiger partial charge in [-0.2, -0.15) is 4.39 Å². The molecule has 2 rings (SSSR count). The molecule has 0 aromatic heterocycles. The first-order chi connectivity index (χ1) is 11.8. The lowest BCUT2D eigenvalue weighted by molar-refractivity contribution is -0.143. The number of ether oxygens (including phenoxy) is 2. The van der Waals surface area contributed by atoms with Crippen LogP contribution in [0.3, 0.4) is 0 Å². The second-order valence-electron chi connectivity index (χ2n) is 6.00. The smallest absolute Gasteiger partial charge is 0.321 e. The van der Waals surface area contributed by atoms with Gasteiger partial charge in [-0.15, -0.1) is 0 Å². The summed E-state index contributed by atoms with van der Waals surface area (Å²) in [7, 11) is 2.29. The molecular formula is C16H20F2N2O5. The highest BCUT2D eigenvalue weighted by molar-refractivity contribution is 5.91. The summed E-state index contributed by atoms with van der Waals surface area (Å²) < 4.78 is 37.6. The van der Waals surface area contributed by atoms with E-state index in [1.807, 2.05) is 6.92 Å². The van der Waals surface area contributed by atoms with E-state index in [1.165, 1.54) is 12.0 Å². The van der Waals surface area contributed by atoms with Crippen LogP contribution in [0.4, 0.5) is 19.3 Å². The number of carbonyl (C=O) groups is 2. The molecule has 9 heteroatoms. The maximum atomic E-state index is 14.2. The molecule has 0 saturated carbocycles. The van der Waals surface area contributed by atoms with Gasteiger partial charge in [0, 0.05) is 19.2 Å². The molecule has 1 fully saturated rings. The Kier molecular flexibility index (Phi) is 5.66. The minimum atomic E-state index is -1.07. The number of piperidine rings is 1. The number of methoxy groups -OCH3 is 2. The van der Waals surface area contributed by atoms with E-state index in [9.17, 15) is 18.4 Å². The SMILES string of the molecule is COc1c(F)cc(NC(=O)N2CC(C)CC(C(=O)O)C2)c(OC)c1F. The van der Waals surface area contributed by atoms with Gasteiger partial charge in [0.2, 0.25) is 5.82 Å². The molecule has 2 N–H and O–H groups in total. The zero-order valence-electron chi connectivity index (χ0n) is 14.1. The van der Waals surface area contributed by atoms with Gasteiger partial charge in [-0.25, -0.2) is 9.18 Å². The number of carbonyl (C=O) groups excluding carboxylic acids is 1. The summed E-state index contributed by atoms with van der Waals surface area (Å²) in [6.07, 6.45) is 0.466. The van der Waals surface area contributed by atoms with Gasteiger partial charge in [0.25, 0.3) is 0 Å². The standard InChI is InChI=1S/C16H20F2N2O5/c1-8-4-9(15(21)22)7-20(6-8)16(23)19-11-5-10(17)13(24-2)12(18)14(11)25-3/h5,8-9H,4,6-7H2,1-3H3,(H,19,23)(H,21,22). The Morgan fingerprint density at radius 1 is 1.24 bits per heavy atom. The summed E-state index contributed by atoms with van der Waals surface area (Å²) in [4.78, 5) is 24.9. The van der Waals surface area contributed by atoms with E-state index in [1.54, 1.807) is 0 Å². The molecule has 1 aromatic rings. The van der Waals surface area contributed by atoms with Gasteiger partial charge in [-0.1, -0.05) is 6.92 Å². The highest BCUT2D eigenvalue weighted by atomic mass is 19.1. The molecule has 1 aliphatic rings. The highest BCUT2D eigenvalue weighted by Crippen LogP contribution is 2.36. The summed E-state index contributed by atoms with van der Waals surface area (Å²) in [6.45, 7) is 2.21. The van der Waals surface area contributed by atoms with Crippen molar-refractivity contribution in [3.8, 4) is 11.5 Å². The van der Waals surface area contributed by atoms with Crippen LogP contribution in [0.15, 0.2) is 6.07 Å². The molecule has 1 aromatic carbocycles. The van der Waals surface area contributed by atoms with Crippen molar-refractivity contribution < 1.29 is 33.0 Å². The number of carboxylic acid groups (broad SMARTS) is 1. The fourth-order valence-corrected chi connectivity index (χ4v) is 2.95. The van der Waals surface area contributed by atoms with Crippen LogP contribution in [0, 0.1) is 23.5 Å². The van der Waals surface area contributed by atoms with Gasteiger partial charge >= 0.3 is 12.0 Å². The summed E-state index contributed by atoms with van der Waals surface area (Å²) in [5, 5.41) is 11.5. The van der Waals surface area contributed by atoms with Gasteiger partial charge in [-0.05, 0) is 12.3 Å². The average molecular weight is 358 g/mol. The maximum Gasteiger partial charge on any atom is 0.321 e. The topological polar surface area (TPSA) is 88.1 Å². The Hall–Kier alpha value is -2.58. The molecule has 1 aliphatic heterocycles. The van der Waals surface area contributed by atoms with E-state index in [0.29, 0.717) is 13.0 Å². The number of anilines is 1. The summed E-state index contributed by atoms with van der Waals surface area (Å²) >= 11 is 0. The number of hydrogen-bond acceptors (Lipinski definition) is 4. The Morgan fingerprint density at radius 2 is 1.88 bits per heavy atom. The fraction of sp³-hybridized carbons (Fsp3) is 0.500. The number of halogens is 2. The molecule has 0 spiro atoms. The molecule has 0 bridgehead atoms. The van der Waals surface area contributed by atoms with Crippen LogP contribution in [-0.4, -0.2) is 49.3 Å². The number of nitrogens with zero attached hydrogens (tertiary/aromatic N) is 1. The molecule has 138 valence electrons. The number of nitrogens with one attached hydrogen (secondary N) is 1. The molecule has 2 atom stereocenters. The number of likely N-dealkylation sites (tertiary alicyclic amines) is 1. The van der Waals surface area contributed by atoms with Crippen LogP contribution < -0.4 is 14.8 Å². The summed E-state index contributed by atoms with van der Waals surface area (Å²) in [6, 6.07) is 0.237. The van der Waals surface area contributed by atoms with Crippen molar-refractivity contribution in [2.45, 2.75) is 13.3 Å². The molecular weight excluding hydrogens is 338 g/mol. The second kappa shape index (κ2) is 7.54. The Bertz CT molecular complexity index is 683. The second-order valence-corrected chi connectivity index (χ2v) is 6.00. The minimum absolute atomic E-state index is 0.00756. The zero-order chi connectivity index (χ0) is 18.7. The van der Waals surface area contributed by atoms with E-state index in [-0.39, 0.29) is 23.9 Å². The first-order valence-electron chi connectivity index (χ1n) is 7.67. The van der Waals surface area contributed by atoms with Crippen LogP contribution in [0.1, 0.15) is 13.3 Å². The monoisotopic (exact) mass is 358 g/mol. The normalized spacial score (nSPS) is 20.1. The van der Waals surface area contributed by atoms with Gasteiger partial charge in [0.1, 0.15) is 0 Å². The fourth-order valence-electron chi connectivity index (χ4n) is 2.95. The summed E-state index contributed by atoms with van der Waals surface area (Å²) in [5.74, 6) is -4.72. The molecule has 0 aliphatic carbocycles. The molecule has 1 heterocycles.